The van der Waals surface area contributed by atoms with E-state index in [9.17, 15) is 18.0 Å². The van der Waals surface area contributed by atoms with Crippen LogP contribution in [0.25, 0.3) is 0 Å². The molecule has 1 aliphatic heterocycles. The molecule has 0 radical (unpaired) electrons. The van der Waals surface area contributed by atoms with E-state index < -0.39 is 11.7 Å². The van der Waals surface area contributed by atoms with Gasteiger partial charge in [0.15, 0.2) is 5.76 Å². The Morgan fingerprint density at radius 2 is 1.95 bits per heavy atom. The molecule has 7 heteroatoms. The highest BCUT2D eigenvalue weighted by atomic mass is 32.2. The summed E-state index contributed by atoms with van der Waals surface area (Å²) in [6.45, 7) is 0.538. The second-order valence-electron chi connectivity index (χ2n) is 4.82. The van der Waals surface area contributed by atoms with E-state index in [0.29, 0.717) is 12.1 Å². The molecule has 1 aliphatic rings. The van der Waals surface area contributed by atoms with Gasteiger partial charge in [-0.1, -0.05) is 12.1 Å². The molecule has 1 saturated heterocycles. The fourth-order valence-corrected chi connectivity index (χ4v) is 3.59. The van der Waals surface area contributed by atoms with E-state index in [2.05, 4.69) is 0 Å². The van der Waals surface area contributed by atoms with E-state index in [1.165, 1.54) is 30.2 Å². The maximum absolute atomic E-state index is 12.6. The van der Waals surface area contributed by atoms with Crippen molar-refractivity contribution >= 4 is 17.7 Å². The van der Waals surface area contributed by atoms with Crippen LogP contribution >= 0.6 is 11.8 Å². The van der Waals surface area contributed by atoms with Crippen LogP contribution in [-0.4, -0.2) is 23.1 Å². The molecule has 1 aromatic carbocycles. The normalized spacial score (nSPS) is 18.7. The summed E-state index contributed by atoms with van der Waals surface area (Å²) < 4.78 is 42.9. The predicted octanol–water partition coefficient (Wildman–Crippen LogP) is 4.19. The van der Waals surface area contributed by atoms with Gasteiger partial charge in [0, 0.05) is 12.3 Å². The minimum Gasteiger partial charge on any atom is -0.459 e. The Morgan fingerprint density at radius 3 is 2.55 bits per heavy atom. The molecule has 0 aliphatic carbocycles. The zero-order valence-electron chi connectivity index (χ0n) is 11.3. The van der Waals surface area contributed by atoms with Gasteiger partial charge in [0.2, 0.25) is 0 Å². The number of carbonyl (C=O) groups is 1. The fraction of sp³-hybridized carbons (Fsp3) is 0.267. The van der Waals surface area contributed by atoms with Gasteiger partial charge in [-0.25, -0.2) is 0 Å². The quantitative estimate of drug-likeness (QED) is 0.829. The molecule has 1 amide bonds. The Kier molecular flexibility index (Phi) is 3.90. The third-order valence-corrected chi connectivity index (χ3v) is 4.67. The second kappa shape index (κ2) is 5.72. The highest BCUT2D eigenvalue weighted by Gasteiger charge is 2.34. The van der Waals surface area contributed by atoms with Crippen molar-refractivity contribution in [2.45, 2.75) is 11.6 Å². The third kappa shape index (κ3) is 2.85. The van der Waals surface area contributed by atoms with Gasteiger partial charge in [0.25, 0.3) is 5.91 Å². The Hall–Kier alpha value is -1.89. The number of amides is 1. The summed E-state index contributed by atoms with van der Waals surface area (Å²) in [5.41, 5.74) is -0.0152. The van der Waals surface area contributed by atoms with E-state index in [0.717, 1.165) is 17.9 Å². The summed E-state index contributed by atoms with van der Waals surface area (Å²) in [6, 6.07) is 8.15. The zero-order valence-corrected chi connectivity index (χ0v) is 12.2. The molecule has 3 rings (SSSR count). The lowest BCUT2D eigenvalue weighted by molar-refractivity contribution is -0.137. The molecular weight excluding hydrogens is 315 g/mol. The van der Waals surface area contributed by atoms with Crippen LogP contribution in [-0.2, 0) is 6.18 Å². The number of nitrogens with zero attached hydrogens (tertiary/aromatic N) is 1. The number of hydrogen-bond donors (Lipinski definition) is 0. The molecule has 116 valence electrons. The summed E-state index contributed by atoms with van der Waals surface area (Å²) in [6.07, 6.45) is -2.94. The summed E-state index contributed by atoms with van der Waals surface area (Å²) in [4.78, 5) is 14.0. The zero-order chi connectivity index (χ0) is 15.7. The molecule has 3 nitrogen and oxygen atoms in total. The van der Waals surface area contributed by atoms with Crippen molar-refractivity contribution < 1.29 is 22.4 Å². The lowest BCUT2D eigenvalue weighted by atomic mass is 10.1. The molecule has 0 N–H and O–H groups in total. The summed E-state index contributed by atoms with van der Waals surface area (Å²) in [5.74, 6) is 0.720. The van der Waals surface area contributed by atoms with E-state index in [-0.39, 0.29) is 17.0 Å². The molecule has 0 spiro atoms. The van der Waals surface area contributed by atoms with Gasteiger partial charge in [-0.15, -0.1) is 11.8 Å². The maximum Gasteiger partial charge on any atom is 0.416 e. The molecule has 0 saturated carbocycles. The minimum absolute atomic E-state index is 0.236. The van der Waals surface area contributed by atoms with Crippen molar-refractivity contribution in [2.75, 3.05) is 12.3 Å². The largest absolute Gasteiger partial charge is 0.459 e. The average Bonchev–Trinajstić information content (AvgIpc) is 3.17. The smallest absolute Gasteiger partial charge is 0.416 e. The summed E-state index contributed by atoms with van der Waals surface area (Å²) >= 11 is 1.52. The van der Waals surface area contributed by atoms with Crippen molar-refractivity contribution in [3.8, 4) is 0 Å². The van der Waals surface area contributed by atoms with E-state index in [1.807, 2.05) is 0 Å². The van der Waals surface area contributed by atoms with Gasteiger partial charge >= 0.3 is 6.18 Å². The third-order valence-electron chi connectivity index (χ3n) is 3.41. The molecule has 1 fully saturated rings. The van der Waals surface area contributed by atoms with Crippen LogP contribution in [0.5, 0.6) is 0 Å². The molecule has 22 heavy (non-hydrogen) atoms. The Bertz CT molecular complexity index is 652. The van der Waals surface area contributed by atoms with Gasteiger partial charge in [-0.3, -0.25) is 4.79 Å². The topological polar surface area (TPSA) is 33.5 Å². The highest BCUT2D eigenvalue weighted by molar-refractivity contribution is 7.99. The van der Waals surface area contributed by atoms with Gasteiger partial charge in [0.1, 0.15) is 5.37 Å². The van der Waals surface area contributed by atoms with Gasteiger partial charge in [-0.2, -0.15) is 13.2 Å². The molecule has 2 aromatic rings. The maximum atomic E-state index is 12.6. The summed E-state index contributed by atoms with van der Waals surface area (Å²) in [7, 11) is 0. The van der Waals surface area contributed by atoms with Crippen molar-refractivity contribution in [1.29, 1.82) is 0 Å². The van der Waals surface area contributed by atoms with Crippen LogP contribution in [0.4, 0.5) is 13.2 Å². The van der Waals surface area contributed by atoms with E-state index in [1.54, 1.807) is 17.0 Å². The number of carbonyl (C=O) groups excluding carboxylic acids is 1. The molecule has 1 atom stereocenters. The lowest BCUT2D eigenvalue weighted by Gasteiger charge is -2.23. The van der Waals surface area contributed by atoms with Crippen LogP contribution in [0, 0.1) is 0 Å². The van der Waals surface area contributed by atoms with Crippen molar-refractivity contribution in [1.82, 2.24) is 4.90 Å². The predicted molar refractivity (Wildman–Crippen MR) is 76.4 cm³/mol. The first-order chi connectivity index (χ1) is 10.5. The van der Waals surface area contributed by atoms with E-state index in [4.69, 9.17) is 4.42 Å². The fourth-order valence-electron chi connectivity index (χ4n) is 2.33. The number of thioether (sulfide) groups is 1. The molecular formula is C15H12F3NO2S. The number of halogens is 3. The number of hydrogen-bond acceptors (Lipinski definition) is 3. The van der Waals surface area contributed by atoms with Crippen molar-refractivity contribution in [3.63, 3.8) is 0 Å². The minimum atomic E-state index is -4.36. The first kappa shape index (κ1) is 15.0. The van der Waals surface area contributed by atoms with Crippen LogP contribution in [0.2, 0.25) is 0 Å². The number of alkyl halides is 3. The van der Waals surface area contributed by atoms with Gasteiger partial charge < -0.3 is 9.32 Å². The van der Waals surface area contributed by atoms with E-state index >= 15 is 0 Å². The van der Waals surface area contributed by atoms with Crippen molar-refractivity contribution in [3.05, 3.63) is 59.5 Å². The number of rotatable bonds is 2. The van der Waals surface area contributed by atoms with Crippen molar-refractivity contribution in [2.24, 2.45) is 0 Å². The Balaban J connectivity index is 1.83. The van der Waals surface area contributed by atoms with Crippen LogP contribution in [0.1, 0.15) is 27.1 Å². The molecule has 2 heterocycles. The van der Waals surface area contributed by atoms with Gasteiger partial charge in [0.05, 0.1) is 11.8 Å². The first-order valence-corrected chi connectivity index (χ1v) is 7.65. The Morgan fingerprint density at radius 1 is 1.23 bits per heavy atom. The first-order valence-electron chi connectivity index (χ1n) is 6.60. The van der Waals surface area contributed by atoms with Gasteiger partial charge in [-0.05, 0) is 29.8 Å². The molecule has 1 aromatic heterocycles. The summed E-state index contributed by atoms with van der Waals surface area (Å²) in [5, 5.41) is -0.292. The number of furan rings is 1. The molecule has 0 bridgehead atoms. The molecule has 0 unspecified atom stereocenters. The Labute approximate surface area is 129 Å². The monoisotopic (exact) mass is 327 g/mol. The van der Waals surface area contributed by atoms with Crippen LogP contribution in [0.15, 0.2) is 47.1 Å². The number of benzene rings is 1. The second-order valence-corrected chi connectivity index (χ2v) is 6.01. The highest BCUT2D eigenvalue weighted by Crippen LogP contribution is 2.39. The van der Waals surface area contributed by atoms with Crippen LogP contribution < -0.4 is 0 Å². The standard InChI is InChI=1S/C15H12F3NO2S/c16-15(17,18)11-5-3-10(4-6-11)14-19(7-9-22-14)13(20)12-2-1-8-21-12/h1-6,8,14H,7,9H2/t14-/m1/s1. The SMILES string of the molecule is O=C(c1ccco1)N1CCS[C@@H]1c1ccc(C(F)(F)F)cc1. The average molecular weight is 327 g/mol. The lowest BCUT2D eigenvalue weighted by Crippen LogP contribution is -2.30. The van der Waals surface area contributed by atoms with Crippen LogP contribution in [0.3, 0.4) is 0 Å².